The van der Waals surface area contributed by atoms with Crippen LogP contribution in [0.25, 0.3) is 0 Å². The lowest BCUT2D eigenvalue weighted by Crippen LogP contribution is -2.67. The summed E-state index contributed by atoms with van der Waals surface area (Å²) in [5.41, 5.74) is -0.239. The highest BCUT2D eigenvalue weighted by Gasteiger charge is 2.70. The molecule has 6 fully saturated rings. The Morgan fingerprint density at radius 1 is 0.830 bits per heavy atom. The second-order valence-corrected chi connectivity index (χ2v) is 20.0. The molecule has 18 atom stereocenters. The Morgan fingerprint density at radius 2 is 1.53 bits per heavy atom. The number of carboxylic acids is 1. The van der Waals surface area contributed by atoms with Crippen LogP contribution < -0.4 is 0 Å². The van der Waals surface area contributed by atoms with Crippen LogP contribution in [-0.2, 0) is 23.7 Å². The lowest BCUT2D eigenvalue weighted by molar-refractivity contribution is -0.365. The molecule has 0 amide bonds. The minimum Gasteiger partial charge on any atom is -0.481 e. The number of hydrogen-bond acceptors (Lipinski definition) is 11. The van der Waals surface area contributed by atoms with Gasteiger partial charge in [0.1, 0.15) is 36.6 Å². The van der Waals surface area contributed by atoms with Crippen molar-refractivity contribution in [2.45, 2.75) is 174 Å². The first-order chi connectivity index (χ1) is 24.7. The average molecular weight is 751 g/mol. The van der Waals surface area contributed by atoms with Gasteiger partial charge in [-0.2, -0.15) is 0 Å². The summed E-state index contributed by atoms with van der Waals surface area (Å²) >= 11 is 0. The van der Waals surface area contributed by atoms with Crippen LogP contribution in [-0.4, -0.2) is 116 Å². The molecular weight excluding hydrogens is 684 g/mol. The van der Waals surface area contributed by atoms with Crippen molar-refractivity contribution in [1.29, 1.82) is 0 Å². The van der Waals surface area contributed by atoms with Gasteiger partial charge in [-0.25, -0.2) is 0 Å². The predicted molar refractivity (Wildman–Crippen MR) is 192 cm³/mol. The van der Waals surface area contributed by atoms with Crippen molar-refractivity contribution in [3.63, 3.8) is 0 Å². The monoisotopic (exact) mass is 750 g/mol. The van der Waals surface area contributed by atoms with Crippen molar-refractivity contribution in [2.24, 2.45) is 50.2 Å². The Kier molecular flexibility index (Phi) is 10.2. The van der Waals surface area contributed by atoms with Crippen LogP contribution in [0.2, 0.25) is 0 Å². The first-order valence-electron chi connectivity index (χ1n) is 20.2. The number of hydrogen-bond donors (Lipinski definition) is 7. The Labute approximate surface area is 314 Å². The molecule has 2 heterocycles. The predicted octanol–water partition coefficient (Wildman–Crippen LogP) is 3.52. The molecule has 7 aliphatic rings. The van der Waals surface area contributed by atoms with E-state index >= 15 is 0 Å². The smallest absolute Gasteiger partial charge is 0.310 e. The van der Waals surface area contributed by atoms with Gasteiger partial charge in [-0.1, -0.05) is 53.2 Å². The lowest BCUT2D eigenvalue weighted by atomic mass is 9.33. The normalized spacial score (nSPS) is 55.1. The van der Waals surface area contributed by atoms with Crippen LogP contribution in [0.15, 0.2) is 11.6 Å². The number of fused-ring (bicyclic) bond motifs is 7. The summed E-state index contributed by atoms with van der Waals surface area (Å²) in [6.45, 7) is 15.1. The van der Waals surface area contributed by atoms with Crippen molar-refractivity contribution in [3.05, 3.63) is 11.6 Å². The van der Waals surface area contributed by atoms with Crippen LogP contribution in [0.3, 0.4) is 0 Å². The van der Waals surface area contributed by atoms with Gasteiger partial charge in [0, 0.05) is 5.41 Å². The first-order valence-corrected chi connectivity index (χ1v) is 20.2. The summed E-state index contributed by atoms with van der Waals surface area (Å²) in [5, 5.41) is 74.9. The lowest BCUT2D eigenvalue weighted by Gasteiger charge is -2.71. The molecule has 7 rings (SSSR count). The highest BCUT2D eigenvalue weighted by atomic mass is 16.8. The molecule has 0 aromatic rings. The molecule has 302 valence electrons. The van der Waals surface area contributed by atoms with E-state index in [1.54, 1.807) is 0 Å². The van der Waals surface area contributed by atoms with Gasteiger partial charge in [-0.3, -0.25) is 4.79 Å². The van der Waals surface area contributed by atoms with Crippen LogP contribution in [0.1, 0.15) is 113 Å². The molecule has 0 radical (unpaired) electrons. The van der Waals surface area contributed by atoms with Gasteiger partial charge in [0.15, 0.2) is 12.6 Å². The van der Waals surface area contributed by atoms with Gasteiger partial charge in [0.25, 0.3) is 0 Å². The SMILES string of the molecule is C[C@@H]1O[C@@H](O[C@H]2[C@H](O[C@H]3CC[C@@]4(C)[C@@H](CC[C@]5(C)[C@@H]4CC=C4[C@@H]6CC(C)(C)CC[C@]6(C(=O)O)CC[C@]45C)[C@]3(C)CO)OC[C@@H](O)[C@@H]2O)[C@H](O)[C@H](O)[C@H]1O. The fourth-order valence-corrected chi connectivity index (χ4v) is 13.3. The van der Waals surface area contributed by atoms with E-state index in [1.807, 2.05) is 0 Å². The Hall–Kier alpha value is -1.19. The van der Waals surface area contributed by atoms with E-state index in [0.717, 1.165) is 51.4 Å². The van der Waals surface area contributed by atoms with Crippen molar-refractivity contribution in [1.82, 2.24) is 0 Å². The number of carboxylic acid groups (broad SMARTS) is 1. The van der Waals surface area contributed by atoms with Gasteiger partial charge < -0.3 is 54.7 Å². The van der Waals surface area contributed by atoms with E-state index in [1.165, 1.54) is 12.5 Å². The van der Waals surface area contributed by atoms with E-state index in [-0.39, 0.29) is 46.7 Å². The standard InChI is InChI=1S/C41H66O12/c1-21-28(44)30(46)31(47)33(51-21)53-32-29(45)24(43)19-50-34(32)52-27-11-12-37(4)25(38(27,5)20-42)10-13-40(7)26(37)9-8-22-23-18-36(2,3)14-16-41(23,35(48)49)17-15-39(22,40)6/h8,21,23-34,42-47H,9-20H2,1-7H3,(H,48,49)/t21-,23-,24+,25+,26+,27-,28-,29-,30+,31+,32+,33-,34-,37-,38-,39+,40+,41-/m0/s1. The summed E-state index contributed by atoms with van der Waals surface area (Å²) in [7, 11) is 0. The molecule has 12 nitrogen and oxygen atoms in total. The topological polar surface area (TPSA) is 196 Å². The number of rotatable bonds is 6. The molecule has 12 heteroatoms. The van der Waals surface area contributed by atoms with E-state index in [9.17, 15) is 40.5 Å². The van der Waals surface area contributed by atoms with Gasteiger partial charge in [-0.05, 0) is 111 Å². The fraction of sp³-hybridized carbons (Fsp3) is 0.927. The van der Waals surface area contributed by atoms with Gasteiger partial charge in [0.2, 0.25) is 0 Å². The van der Waals surface area contributed by atoms with Crippen LogP contribution in [0.4, 0.5) is 0 Å². The van der Waals surface area contributed by atoms with E-state index in [0.29, 0.717) is 18.8 Å². The number of aliphatic hydroxyl groups excluding tert-OH is 6. The molecule has 5 aliphatic carbocycles. The molecule has 7 N–H and O–H groups in total. The maximum atomic E-state index is 13.0. The molecule has 0 bridgehead atoms. The van der Waals surface area contributed by atoms with Crippen molar-refractivity contribution < 1.29 is 59.5 Å². The molecule has 0 unspecified atom stereocenters. The largest absolute Gasteiger partial charge is 0.481 e. The third-order valence-electron chi connectivity index (χ3n) is 17.0. The van der Waals surface area contributed by atoms with Gasteiger partial charge in [0.05, 0.1) is 30.8 Å². The van der Waals surface area contributed by atoms with Crippen molar-refractivity contribution >= 4 is 5.97 Å². The van der Waals surface area contributed by atoms with Gasteiger partial charge >= 0.3 is 5.97 Å². The highest BCUT2D eigenvalue weighted by Crippen LogP contribution is 2.76. The maximum absolute atomic E-state index is 13.0. The molecule has 0 spiro atoms. The summed E-state index contributed by atoms with van der Waals surface area (Å²) in [6.07, 6.45) is -1.79. The third-order valence-corrected chi connectivity index (χ3v) is 17.0. The number of carbonyl (C=O) groups is 1. The molecule has 4 saturated carbocycles. The van der Waals surface area contributed by atoms with Gasteiger partial charge in [-0.15, -0.1) is 0 Å². The second kappa shape index (κ2) is 13.5. The van der Waals surface area contributed by atoms with E-state index in [4.69, 9.17) is 18.9 Å². The van der Waals surface area contributed by atoms with Crippen LogP contribution >= 0.6 is 0 Å². The molecular formula is C41H66O12. The van der Waals surface area contributed by atoms with Crippen LogP contribution in [0.5, 0.6) is 0 Å². The van der Waals surface area contributed by atoms with E-state index in [2.05, 4.69) is 47.6 Å². The van der Waals surface area contributed by atoms with Crippen molar-refractivity contribution in [3.8, 4) is 0 Å². The molecule has 2 saturated heterocycles. The number of aliphatic hydroxyl groups is 6. The fourth-order valence-electron chi connectivity index (χ4n) is 13.3. The van der Waals surface area contributed by atoms with E-state index < -0.39 is 78.2 Å². The summed E-state index contributed by atoms with van der Waals surface area (Å²) < 4.78 is 24.3. The zero-order chi connectivity index (χ0) is 38.7. The highest BCUT2D eigenvalue weighted by molar-refractivity contribution is 5.76. The number of ether oxygens (including phenoxy) is 4. The quantitative estimate of drug-likeness (QED) is 0.155. The minimum atomic E-state index is -1.62. The Morgan fingerprint density at radius 3 is 2.21 bits per heavy atom. The Bertz CT molecular complexity index is 1440. The number of allylic oxidation sites excluding steroid dienone is 2. The zero-order valence-corrected chi connectivity index (χ0v) is 32.7. The summed E-state index contributed by atoms with van der Waals surface area (Å²) in [4.78, 5) is 13.0. The Balaban J connectivity index is 1.15. The summed E-state index contributed by atoms with van der Waals surface area (Å²) in [5.74, 6) is -0.194. The third kappa shape index (κ3) is 5.85. The average Bonchev–Trinajstić information content (AvgIpc) is 3.10. The molecule has 0 aromatic carbocycles. The molecule has 0 aromatic heterocycles. The van der Waals surface area contributed by atoms with Crippen LogP contribution in [0, 0.1) is 50.2 Å². The summed E-state index contributed by atoms with van der Waals surface area (Å²) in [6, 6.07) is 0. The maximum Gasteiger partial charge on any atom is 0.310 e. The number of aliphatic carboxylic acids is 1. The molecule has 53 heavy (non-hydrogen) atoms. The zero-order valence-electron chi connectivity index (χ0n) is 32.7. The minimum absolute atomic E-state index is 0.0360. The first kappa shape index (κ1) is 40.0. The molecule has 2 aliphatic heterocycles. The second-order valence-electron chi connectivity index (χ2n) is 20.0. The van der Waals surface area contributed by atoms with Crippen molar-refractivity contribution in [2.75, 3.05) is 13.2 Å².